The number of allylic oxidation sites excluding steroid dienone is 1. The van der Waals surface area contributed by atoms with Gasteiger partial charge in [0, 0.05) is 25.7 Å². The van der Waals surface area contributed by atoms with Crippen LogP contribution in [0.4, 0.5) is 0 Å². The van der Waals surface area contributed by atoms with E-state index in [0.717, 1.165) is 43.5 Å². The lowest BCUT2D eigenvalue weighted by Crippen LogP contribution is -2.38. The first-order valence-electron chi connectivity index (χ1n) is 10.9. The Labute approximate surface area is 162 Å². The number of fused-ring (bicyclic) bond motifs is 1. The number of H-pyrrole nitrogens is 1. The molecule has 0 spiro atoms. The van der Waals surface area contributed by atoms with Crippen molar-refractivity contribution in [2.24, 2.45) is 0 Å². The van der Waals surface area contributed by atoms with Gasteiger partial charge in [-0.25, -0.2) is 4.79 Å². The minimum atomic E-state index is 0.0460. The van der Waals surface area contributed by atoms with Crippen LogP contribution < -0.4 is 5.69 Å². The van der Waals surface area contributed by atoms with E-state index in [9.17, 15) is 4.79 Å². The van der Waals surface area contributed by atoms with Crippen LogP contribution in [0.1, 0.15) is 70.3 Å². The van der Waals surface area contributed by atoms with Gasteiger partial charge in [-0.2, -0.15) is 0 Å². The number of nitrogens with one attached hydrogen (secondary N) is 1. The third-order valence-electron chi connectivity index (χ3n) is 6.36. The number of aromatic nitrogens is 2. The highest BCUT2D eigenvalue weighted by atomic mass is 16.1. The van der Waals surface area contributed by atoms with Crippen molar-refractivity contribution in [3.05, 3.63) is 46.4 Å². The standard InChI is InChI=1S/C23H33N3O/c27-23-24-21-12-8-9-13-22(21)26(23)20-14-16-25(17-15-20)18-19-10-6-4-2-1-3-5-7-11-19/h8-10,12-13,20H,1-7,11,14-18H2,(H,24,27). The Morgan fingerprint density at radius 2 is 1.70 bits per heavy atom. The van der Waals surface area contributed by atoms with E-state index in [4.69, 9.17) is 0 Å². The van der Waals surface area contributed by atoms with Crippen LogP contribution in [0.3, 0.4) is 0 Å². The van der Waals surface area contributed by atoms with Crippen LogP contribution in [-0.4, -0.2) is 34.1 Å². The lowest BCUT2D eigenvalue weighted by atomic mass is 9.98. The van der Waals surface area contributed by atoms with Crippen molar-refractivity contribution in [1.29, 1.82) is 0 Å². The van der Waals surface area contributed by atoms with E-state index < -0.39 is 0 Å². The molecule has 2 heterocycles. The molecule has 146 valence electrons. The fraction of sp³-hybridized carbons (Fsp3) is 0.609. The summed E-state index contributed by atoms with van der Waals surface area (Å²) in [5, 5.41) is 0. The number of imidazole rings is 1. The van der Waals surface area contributed by atoms with E-state index in [1.165, 1.54) is 51.4 Å². The van der Waals surface area contributed by atoms with Crippen LogP contribution in [0.15, 0.2) is 40.7 Å². The predicted octanol–water partition coefficient (Wildman–Crippen LogP) is 5.03. The first kappa shape index (κ1) is 18.5. The maximum atomic E-state index is 12.5. The molecule has 0 atom stereocenters. The molecule has 27 heavy (non-hydrogen) atoms. The molecule has 0 radical (unpaired) electrons. The Bertz CT molecular complexity index is 824. The van der Waals surface area contributed by atoms with Gasteiger partial charge in [0.15, 0.2) is 0 Å². The number of para-hydroxylation sites is 2. The minimum absolute atomic E-state index is 0.0460. The van der Waals surface area contributed by atoms with E-state index in [2.05, 4.69) is 22.0 Å². The van der Waals surface area contributed by atoms with Crippen molar-refractivity contribution in [3.63, 3.8) is 0 Å². The molecule has 1 aliphatic heterocycles. The summed E-state index contributed by atoms with van der Waals surface area (Å²) < 4.78 is 2.00. The average Bonchev–Trinajstić information content (AvgIpc) is 3.03. The van der Waals surface area contributed by atoms with Gasteiger partial charge in [0.05, 0.1) is 11.0 Å². The number of piperidine rings is 1. The lowest BCUT2D eigenvalue weighted by molar-refractivity contribution is 0.198. The predicted molar refractivity (Wildman–Crippen MR) is 112 cm³/mol. The Morgan fingerprint density at radius 3 is 2.56 bits per heavy atom. The van der Waals surface area contributed by atoms with Gasteiger partial charge in [-0.05, 0) is 50.7 Å². The maximum Gasteiger partial charge on any atom is 0.326 e. The quantitative estimate of drug-likeness (QED) is 0.773. The summed E-state index contributed by atoms with van der Waals surface area (Å²) in [7, 11) is 0. The smallest absolute Gasteiger partial charge is 0.306 e. The molecule has 1 aromatic heterocycles. The third-order valence-corrected chi connectivity index (χ3v) is 6.36. The van der Waals surface area contributed by atoms with Gasteiger partial charge in [-0.3, -0.25) is 9.47 Å². The summed E-state index contributed by atoms with van der Waals surface area (Å²) in [6, 6.07) is 8.38. The Balaban J connectivity index is 1.37. The van der Waals surface area contributed by atoms with Crippen molar-refractivity contribution in [3.8, 4) is 0 Å². The zero-order valence-corrected chi connectivity index (χ0v) is 16.5. The maximum absolute atomic E-state index is 12.5. The first-order valence-corrected chi connectivity index (χ1v) is 10.9. The third kappa shape index (κ3) is 4.55. The van der Waals surface area contributed by atoms with Crippen LogP contribution in [0.2, 0.25) is 0 Å². The normalized spacial score (nSPS) is 21.3. The number of hydrogen-bond acceptors (Lipinski definition) is 2. The molecule has 4 nitrogen and oxygen atoms in total. The molecular weight excluding hydrogens is 334 g/mol. The second kappa shape index (κ2) is 8.92. The molecular formula is C23H33N3O. The second-order valence-electron chi connectivity index (χ2n) is 8.35. The SMILES string of the molecule is O=c1[nH]c2ccccc2n1C1CCN(CC2=CCCCCCCCC2)CC1. The Morgan fingerprint density at radius 1 is 0.963 bits per heavy atom. The molecule has 0 bridgehead atoms. The van der Waals surface area contributed by atoms with E-state index in [0.29, 0.717) is 6.04 Å². The molecule has 1 aromatic carbocycles. The van der Waals surface area contributed by atoms with Crippen molar-refractivity contribution >= 4 is 11.0 Å². The van der Waals surface area contributed by atoms with Gasteiger partial charge in [-0.15, -0.1) is 0 Å². The molecule has 4 heteroatoms. The fourth-order valence-corrected chi connectivity index (χ4v) is 4.81. The summed E-state index contributed by atoms with van der Waals surface area (Å²) in [6.45, 7) is 3.32. The monoisotopic (exact) mass is 367 g/mol. The highest BCUT2D eigenvalue weighted by molar-refractivity contribution is 5.75. The van der Waals surface area contributed by atoms with Crippen LogP contribution in [0.5, 0.6) is 0 Å². The number of aromatic amines is 1. The van der Waals surface area contributed by atoms with Gasteiger partial charge >= 0.3 is 5.69 Å². The van der Waals surface area contributed by atoms with Gasteiger partial charge in [0.2, 0.25) is 0 Å². The summed E-state index contributed by atoms with van der Waals surface area (Å²) in [5.41, 5.74) is 3.71. The van der Waals surface area contributed by atoms with Gasteiger partial charge in [0.25, 0.3) is 0 Å². The summed E-state index contributed by atoms with van der Waals surface area (Å²) in [5.74, 6) is 0. The number of benzene rings is 1. The molecule has 2 aromatic rings. The number of rotatable bonds is 3. The zero-order valence-electron chi connectivity index (χ0n) is 16.5. The van der Waals surface area contributed by atoms with Crippen LogP contribution in [0, 0.1) is 0 Å². The van der Waals surface area contributed by atoms with Crippen LogP contribution in [0.25, 0.3) is 11.0 Å². The average molecular weight is 368 g/mol. The summed E-state index contributed by atoms with van der Waals surface area (Å²) in [6.07, 6.45) is 15.5. The topological polar surface area (TPSA) is 41.0 Å². The van der Waals surface area contributed by atoms with E-state index in [1.54, 1.807) is 5.57 Å². The number of likely N-dealkylation sites (tertiary alicyclic amines) is 1. The lowest BCUT2D eigenvalue weighted by Gasteiger charge is -2.33. The molecule has 1 N–H and O–H groups in total. The number of nitrogens with zero attached hydrogens (tertiary/aromatic N) is 2. The molecule has 0 unspecified atom stereocenters. The minimum Gasteiger partial charge on any atom is -0.306 e. The first-order chi connectivity index (χ1) is 13.3. The summed E-state index contributed by atoms with van der Waals surface area (Å²) in [4.78, 5) is 18.1. The molecule has 0 saturated carbocycles. The molecule has 1 aliphatic carbocycles. The van der Waals surface area contributed by atoms with E-state index >= 15 is 0 Å². The molecule has 1 fully saturated rings. The zero-order chi connectivity index (χ0) is 18.5. The van der Waals surface area contributed by atoms with Crippen LogP contribution >= 0.6 is 0 Å². The highest BCUT2D eigenvalue weighted by Crippen LogP contribution is 2.26. The van der Waals surface area contributed by atoms with Crippen molar-refractivity contribution < 1.29 is 0 Å². The van der Waals surface area contributed by atoms with Gasteiger partial charge < -0.3 is 4.98 Å². The molecule has 0 amide bonds. The van der Waals surface area contributed by atoms with E-state index in [-0.39, 0.29) is 5.69 Å². The van der Waals surface area contributed by atoms with E-state index in [1.807, 2.05) is 22.8 Å². The van der Waals surface area contributed by atoms with Gasteiger partial charge in [-0.1, -0.05) is 49.5 Å². The highest BCUT2D eigenvalue weighted by Gasteiger charge is 2.23. The fourth-order valence-electron chi connectivity index (χ4n) is 4.81. The Hall–Kier alpha value is -1.81. The van der Waals surface area contributed by atoms with Crippen molar-refractivity contribution in [1.82, 2.24) is 14.5 Å². The second-order valence-corrected chi connectivity index (χ2v) is 8.35. The number of hydrogen-bond donors (Lipinski definition) is 1. The largest absolute Gasteiger partial charge is 0.326 e. The summed E-state index contributed by atoms with van der Waals surface area (Å²) >= 11 is 0. The van der Waals surface area contributed by atoms with Crippen molar-refractivity contribution in [2.45, 2.75) is 70.3 Å². The molecule has 1 saturated heterocycles. The van der Waals surface area contributed by atoms with Crippen LogP contribution in [-0.2, 0) is 0 Å². The molecule has 2 aliphatic rings. The molecule has 4 rings (SSSR count). The van der Waals surface area contributed by atoms with Gasteiger partial charge in [0.1, 0.15) is 0 Å². The Kier molecular flexibility index (Phi) is 6.13. The van der Waals surface area contributed by atoms with Crippen molar-refractivity contribution in [2.75, 3.05) is 19.6 Å².